The summed E-state index contributed by atoms with van der Waals surface area (Å²) in [6.07, 6.45) is -2.56. The summed E-state index contributed by atoms with van der Waals surface area (Å²) in [5.41, 5.74) is 0.694. The van der Waals surface area contributed by atoms with Crippen LogP contribution in [0.4, 0.5) is 13.2 Å². The SMILES string of the molecule is Cn1cc(CNCc2cccc(C(F)(F)F)c2)nn1. The second-order valence-electron chi connectivity index (χ2n) is 4.19. The zero-order valence-electron chi connectivity index (χ0n) is 10.3. The molecule has 1 aromatic carbocycles. The Hall–Kier alpha value is -1.89. The molecule has 4 nitrogen and oxygen atoms in total. The van der Waals surface area contributed by atoms with Gasteiger partial charge in [0.1, 0.15) is 0 Å². The molecule has 0 aliphatic carbocycles. The quantitative estimate of drug-likeness (QED) is 0.925. The van der Waals surface area contributed by atoms with E-state index in [1.54, 1.807) is 24.0 Å². The Morgan fingerprint density at radius 2 is 2.05 bits per heavy atom. The van der Waals surface area contributed by atoms with E-state index in [0.717, 1.165) is 17.8 Å². The molecule has 102 valence electrons. The van der Waals surface area contributed by atoms with Crippen LogP contribution in [0, 0.1) is 0 Å². The third-order valence-corrected chi connectivity index (χ3v) is 2.54. The molecule has 0 radical (unpaired) electrons. The van der Waals surface area contributed by atoms with E-state index in [2.05, 4.69) is 15.6 Å². The van der Waals surface area contributed by atoms with Gasteiger partial charge in [0, 0.05) is 26.3 Å². The second kappa shape index (κ2) is 5.40. The fourth-order valence-electron chi connectivity index (χ4n) is 1.67. The molecule has 0 bridgehead atoms. The van der Waals surface area contributed by atoms with Gasteiger partial charge in [-0.3, -0.25) is 4.68 Å². The first-order chi connectivity index (χ1) is 8.95. The van der Waals surface area contributed by atoms with Crippen molar-refractivity contribution in [1.82, 2.24) is 20.3 Å². The van der Waals surface area contributed by atoms with Crippen LogP contribution >= 0.6 is 0 Å². The lowest BCUT2D eigenvalue weighted by molar-refractivity contribution is -0.137. The minimum absolute atomic E-state index is 0.348. The van der Waals surface area contributed by atoms with Gasteiger partial charge in [-0.15, -0.1) is 5.10 Å². The van der Waals surface area contributed by atoms with Crippen LogP contribution < -0.4 is 5.32 Å². The number of hydrogen-bond donors (Lipinski definition) is 1. The molecule has 0 unspecified atom stereocenters. The van der Waals surface area contributed by atoms with Gasteiger partial charge in [-0.1, -0.05) is 23.4 Å². The highest BCUT2D eigenvalue weighted by Crippen LogP contribution is 2.29. The van der Waals surface area contributed by atoms with Crippen molar-refractivity contribution >= 4 is 0 Å². The van der Waals surface area contributed by atoms with E-state index >= 15 is 0 Å². The highest BCUT2D eigenvalue weighted by molar-refractivity contribution is 5.25. The van der Waals surface area contributed by atoms with E-state index < -0.39 is 11.7 Å². The monoisotopic (exact) mass is 270 g/mol. The number of aromatic nitrogens is 3. The van der Waals surface area contributed by atoms with E-state index in [1.807, 2.05) is 0 Å². The first kappa shape index (κ1) is 13.5. The van der Waals surface area contributed by atoms with Crippen molar-refractivity contribution in [2.75, 3.05) is 0 Å². The molecule has 0 atom stereocenters. The zero-order chi connectivity index (χ0) is 13.9. The third-order valence-electron chi connectivity index (χ3n) is 2.54. The van der Waals surface area contributed by atoms with Gasteiger partial charge in [-0.2, -0.15) is 13.2 Å². The maximum Gasteiger partial charge on any atom is 0.416 e. The van der Waals surface area contributed by atoms with Gasteiger partial charge in [0.15, 0.2) is 0 Å². The van der Waals surface area contributed by atoms with E-state index in [4.69, 9.17) is 0 Å². The average molecular weight is 270 g/mol. The molecular weight excluding hydrogens is 257 g/mol. The standard InChI is InChI=1S/C12H13F3N4/c1-19-8-11(17-18-19)7-16-6-9-3-2-4-10(5-9)12(13,14)15/h2-5,8,16H,6-7H2,1H3. The van der Waals surface area contributed by atoms with E-state index in [0.29, 0.717) is 18.7 Å². The molecule has 1 aromatic heterocycles. The molecule has 1 N–H and O–H groups in total. The number of rotatable bonds is 4. The molecule has 2 aromatic rings. The van der Waals surface area contributed by atoms with Crippen molar-refractivity contribution < 1.29 is 13.2 Å². The zero-order valence-corrected chi connectivity index (χ0v) is 10.3. The predicted molar refractivity (Wildman–Crippen MR) is 63.0 cm³/mol. The van der Waals surface area contributed by atoms with Crippen LogP contribution in [0.5, 0.6) is 0 Å². The van der Waals surface area contributed by atoms with Gasteiger partial charge in [-0.25, -0.2) is 0 Å². The molecule has 7 heteroatoms. The molecule has 0 saturated carbocycles. The Balaban J connectivity index is 1.93. The second-order valence-corrected chi connectivity index (χ2v) is 4.19. The summed E-state index contributed by atoms with van der Waals surface area (Å²) in [5.74, 6) is 0. The van der Waals surface area contributed by atoms with Crippen molar-refractivity contribution in [2.45, 2.75) is 19.3 Å². The lowest BCUT2D eigenvalue weighted by Crippen LogP contribution is -2.14. The van der Waals surface area contributed by atoms with Crippen LogP contribution in [-0.4, -0.2) is 15.0 Å². The largest absolute Gasteiger partial charge is 0.416 e. The Kier molecular flexibility index (Phi) is 3.84. The van der Waals surface area contributed by atoms with Gasteiger partial charge >= 0.3 is 6.18 Å². The van der Waals surface area contributed by atoms with Crippen molar-refractivity contribution in [3.8, 4) is 0 Å². The van der Waals surface area contributed by atoms with E-state index in [1.165, 1.54) is 6.07 Å². The van der Waals surface area contributed by atoms with E-state index in [9.17, 15) is 13.2 Å². The molecule has 19 heavy (non-hydrogen) atoms. The smallest absolute Gasteiger partial charge is 0.307 e. The Morgan fingerprint density at radius 1 is 1.26 bits per heavy atom. The average Bonchev–Trinajstić information content (AvgIpc) is 2.74. The van der Waals surface area contributed by atoms with Gasteiger partial charge in [-0.05, 0) is 11.6 Å². The van der Waals surface area contributed by atoms with Crippen LogP contribution in [0.25, 0.3) is 0 Å². The fourth-order valence-corrected chi connectivity index (χ4v) is 1.67. The third kappa shape index (κ3) is 3.78. The van der Waals surface area contributed by atoms with Gasteiger partial charge in [0.05, 0.1) is 11.3 Å². The summed E-state index contributed by atoms with van der Waals surface area (Å²) < 4.78 is 39.1. The minimum atomic E-state index is -4.30. The number of hydrogen-bond acceptors (Lipinski definition) is 3. The summed E-state index contributed by atoms with van der Waals surface area (Å²) in [4.78, 5) is 0. The number of nitrogens with one attached hydrogen (secondary N) is 1. The lowest BCUT2D eigenvalue weighted by Gasteiger charge is -2.09. The summed E-state index contributed by atoms with van der Waals surface area (Å²) in [7, 11) is 1.75. The summed E-state index contributed by atoms with van der Waals surface area (Å²) >= 11 is 0. The molecule has 0 fully saturated rings. The number of alkyl halides is 3. The topological polar surface area (TPSA) is 42.7 Å². The van der Waals surface area contributed by atoms with Gasteiger partial charge in [0.25, 0.3) is 0 Å². The van der Waals surface area contributed by atoms with E-state index in [-0.39, 0.29) is 0 Å². The van der Waals surface area contributed by atoms with Crippen molar-refractivity contribution in [2.24, 2.45) is 7.05 Å². The molecule has 0 aliphatic rings. The summed E-state index contributed by atoms with van der Waals surface area (Å²) in [5, 5.41) is 10.7. The van der Waals surface area contributed by atoms with Crippen molar-refractivity contribution in [3.63, 3.8) is 0 Å². The summed E-state index contributed by atoms with van der Waals surface area (Å²) in [6, 6.07) is 5.26. The molecule has 0 saturated heterocycles. The highest BCUT2D eigenvalue weighted by Gasteiger charge is 2.30. The normalized spacial score (nSPS) is 11.8. The number of aryl methyl sites for hydroxylation is 1. The van der Waals surface area contributed by atoms with Gasteiger partial charge in [0.2, 0.25) is 0 Å². The Labute approximate surface area is 108 Å². The Morgan fingerprint density at radius 3 is 2.68 bits per heavy atom. The molecule has 0 aliphatic heterocycles. The minimum Gasteiger partial charge on any atom is -0.307 e. The summed E-state index contributed by atoms with van der Waals surface area (Å²) in [6.45, 7) is 0.810. The number of nitrogens with zero attached hydrogens (tertiary/aromatic N) is 3. The Bertz CT molecular complexity index is 548. The maximum atomic E-state index is 12.5. The lowest BCUT2D eigenvalue weighted by atomic mass is 10.1. The highest BCUT2D eigenvalue weighted by atomic mass is 19.4. The predicted octanol–water partition coefficient (Wildman–Crippen LogP) is 2.12. The van der Waals surface area contributed by atoms with Crippen LogP contribution in [0.3, 0.4) is 0 Å². The number of halogens is 3. The van der Waals surface area contributed by atoms with Crippen molar-refractivity contribution in [1.29, 1.82) is 0 Å². The van der Waals surface area contributed by atoms with Crippen LogP contribution in [0.1, 0.15) is 16.8 Å². The molecule has 0 spiro atoms. The first-order valence-corrected chi connectivity index (χ1v) is 5.67. The maximum absolute atomic E-state index is 12.5. The first-order valence-electron chi connectivity index (χ1n) is 5.67. The molecule has 0 amide bonds. The van der Waals surface area contributed by atoms with Crippen LogP contribution in [-0.2, 0) is 26.3 Å². The van der Waals surface area contributed by atoms with Crippen molar-refractivity contribution in [3.05, 3.63) is 47.3 Å². The fraction of sp³-hybridized carbons (Fsp3) is 0.333. The number of benzene rings is 1. The molecule has 2 rings (SSSR count). The van der Waals surface area contributed by atoms with Gasteiger partial charge < -0.3 is 5.32 Å². The van der Waals surface area contributed by atoms with Crippen LogP contribution in [0.15, 0.2) is 30.5 Å². The molecular formula is C12H13F3N4. The molecule has 1 heterocycles. The van der Waals surface area contributed by atoms with Crippen LogP contribution in [0.2, 0.25) is 0 Å².